The van der Waals surface area contributed by atoms with E-state index in [1.165, 1.54) is 0 Å². The Hall–Kier alpha value is -1.77. The summed E-state index contributed by atoms with van der Waals surface area (Å²) < 4.78 is 5.46. The van der Waals surface area contributed by atoms with E-state index in [2.05, 4.69) is 22.0 Å². The zero-order valence-corrected chi connectivity index (χ0v) is 16.6. The molecule has 0 aromatic carbocycles. The standard InChI is InChI=1S/C18H27N5O2S/c1-12(16-20-15(21-25-16)13-6-5-11-26-13)22-7-9-23(10-8-22)17(24)14(19)18(2,3)4/h5-6,11-12,14H,7-10,19H2,1-4H3/t12?,14-/m1/s1. The highest BCUT2D eigenvalue weighted by atomic mass is 32.1. The summed E-state index contributed by atoms with van der Waals surface area (Å²) in [5.74, 6) is 1.27. The number of rotatable bonds is 4. The molecule has 1 amide bonds. The summed E-state index contributed by atoms with van der Waals surface area (Å²) in [7, 11) is 0. The van der Waals surface area contributed by atoms with Crippen molar-refractivity contribution in [2.75, 3.05) is 26.2 Å². The minimum Gasteiger partial charge on any atom is -0.339 e. The molecule has 1 saturated heterocycles. The van der Waals surface area contributed by atoms with Gasteiger partial charge in [-0.15, -0.1) is 11.3 Å². The van der Waals surface area contributed by atoms with Crippen LogP contribution in [0.15, 0.2) is 22.0 Å². The maximum Gasteiger partial charge on any atom is 0.244 e. The Balaban J connectivity index is 1.59. The largest absolute Gasteiger partial charge is 0.339 e. The average molecular weight is 378 g/mol. The quantitative estimate of drug-likeness (QED) is 0.880. The molecule has 0 bridgehead atoms. The van der Waals surface area contributed by atoms with Crippen LogP contribution in [-0.4, -0.2) is 58.1 Å². The lowest BCUT2D eigenvalue weighted by atomic mass is 9.86. The summed E-state index contributed by atoms with van der Waals surface area (Å²) in [6, 6.07) is 3.49. The molecule has 0 spiro atoms. The van der Waals surface area contributed by atoms with Gasteiger partial charge in [0.1, 0.15) is 0 Å². The van der Waals surface area contributed by atoms with Crippen molar-refractivity contribution in [1.82, 2.24) is 19.9 Å². The maximum atomic E-state index is 12.6. The van der Waals surface area contributed by atoms with Gasteiger partial charge in [0.25, 0.3) is 0 Å². The minimum absolute atomic E-state index is 0.0183. The van der Waals surface area contributed by atoms with Gasteiger partial charge in [0.05, 0.1) is 17.0 Å². The van der Waals surface area contributed by atoms with E-state index in [9.17, 15) is 4.79 Å². The van der Waals surface area contributed by atoms with Crippen molar-refractivity contribution in [3.63, 3.8) is 0 Å². The molecular formula is C18H27N5O2S. The molecule has 1 aliphatic heterocycles. The molecule has 0 saturated carbocycles. The van der Waals surface area contributed by atoms with E-state index < -0.39 is 6.04 Å². The van der Waals surface area contributed by atoms with Crippen LogP contribution in [0, 0.1) is 5.41 Å². The van der Waals surface area contributed by atoms with Crippen LogP contribution in [0.25, 0.3) is 10.7 Å². The molecule has 26 heavy (non-hydrogen) atoms. The highest BCUT2D eigenvalue weighted by Gasteiger charge is 2.34. The molecule has 1 unspecified atom stereocenters. The summed E-state index contributed by atoms with van der Waals surface area (Å²) in [4.78, 5) is 22.2. The van der Waals surface area contributed by atoms with Gasteiger partial charge in [-0.25, -0.2) is 0 Å². The van der Waals surface area contributed by atoms with Crippen LogP contribution >= 0.6 is 11.3 Å². The Labute approximate surface area is 158 Å². The second-order valence-corrected chi connectivity index (χ2v) is 8.76. The molecule has 2 atom stereocenters. The molecule has 0 aliphatic carbocycles. The van der Waals surface area contributed by atoms with Crippen LogP contribution < -0.4 is 5.73 Å². The molecule has 2 aromatic rings. The van der Waals surface area contributed by atoms with Crippen molar-refractivity contribution in [2.24, 2.45) is 11.1 Å². The van der Waals surface area contributed by atoms with Gasteiger partial charge in [0, 0.05) is 26.2 Å². The van der Waals surface area contributed by atoms with Gasteiger partial charge in [-0.2, -0.15) is 4.98 Å². The molecule has 2 N–H and O–H groups in total. The normalized spacial score (nSPS) is 18.7. The number of nitrogens with two attached hydrogens (primary N) is 1. The first-order valence-corrected chi connectivity index (χ1v) is 9.81. The van der Waals surface area contributed by atoms with Crippen molar-refractivity contribution in [2.45, 2.75) is 39.8 Å². The van der Waals surface area contributed by atoms with Crippen molar-refractivity contribution in [3.05, 3.63) is 23.4 Å². The zero-order valence-electron chi connectivity index (χ0n) is 15.8. The maximum absolute atomic E-state index is 12.6. The summed E-state index contributed by atoms with van der Waals surface area (Å²) in [5.41, 5.74) is 5.89. The van der Waals surface area contributed by atoms with Gasteiger partial charge in [-0.3, -0.25) is 9.69 Å². The van der Waals surface area contributed by atoms with Crippen molar-refractivity contribution < 1.29 is 9.32 Å². The Bertz CT molecular complexity index is 729. The van der Waals surface area contributed by atoms with Crippen LogP contribution in [0.3, 0.4) is 0 Å². The SMILES string of the molecule is CC(c1nc(-c2cccs2)no1)N1CCN(C(=O)[C@@H](N)C(C)(C)C)CC1. The van der Waals surface area contributed by atoms with Gasteiger partial charge >= 0.3 is 0 Å². The number of thiophene rings is 1. The molecule has 7 nitrogen and oxygen atoms in total. The number of aromatic nitrogens is 2. The summed E-state index contributed by atoms with van der Waals surface area (Å²) >= 11 is 1.59. The van der Waals surface area contributed by atoms with Gasteiger partial charge in [-0.05, 0) is 23.8 Å². The van der Waals surface area contributed by atoms with Crippen molar-refractivity contribution in [3.8, 4) is 10.7 Å². The van der Waals surface area contributed by atoms with Gasteiger partial charge in [0.15, 0.2) is 0 Å². The highest BCUT2D eigenvalue weighted by molar-refractivity contribution is 7.13. The fraction of sp³-hybridized carbons (Fsp3) is 0.611. The van der Waals surface area contributed by atoms with E-state index in [4.69, 9.17) is 10.3 Å². The number of amides is 1. The lowest BCUT2D eigenvalue weighted by molar-refractivity contribution is -0.137. The molecule has 3 rings (SSSR count). The van der Waals surface area contributed by atoms with Crippen LogP contribution in [0.2, 0.25) is 0 Å². The second kappa shape index (κ2) is 7.46. The fourth-order valence-corrected chi connectivity index (χ4v) is 3.61. The number of nitrogens with zero attached hydrogens (tertiary/aromatic N) is 4. The predicted octanol–water partition coefficient (Wildman–Crippen LogP) is 2.38. The number of hydrogen-bond donors (Lipinski definition) is 1. The highest BCUT2D eigenvalue weighted by Crippen LogP contribution is 2.26. The van der Waals surface area contributed by atoms with Crippen LogP contribution in [0.1, 0.15) is 39.6 Å². The topological polar surface area (TPSA) is 88.5 Å². The van der Waals surface area contributed by atoms with Gasteiger partial charge in [0.2, 0.25) is 17.6 Å². The first-order chi connectivity index (χ1) is 12.3. The van der Waals surface area contributed by atoms with Crippen molar-refractivity contribution in [1.29, 1.82) is 0 Å². The van der Waals surface area contributed by atoms with Crippen LogP contribution in [0.5, 0.6) is 0 Å². The summed E-state index contributed by atoms with van der Waals surface area (Å²) in [6.07, 6.45) is 0. The fourth-order valence-electron chi connectivity index (χ4n) is 2.96. The number of carbonyl (C=O) groups excluding carboxylic acids is 1. The summed E-state index contributed by atoms with van der Waals surface area (Å²) in [6.45, 7) is 10.9. The monoisotopic (exact) mass is 377 g/mol. The molecule has 1 fully saturated rings. The lowest BCUT2D eigenvalue weighted by Gasteiger charge is -2.39. The smallest absolute Gasteiger partial charge is 0.244 e. The minimum atomic E-state index is -0.476. The van der Waals surface area contributed by atoms with E-state index in [0.717, 1.165) is 18.0 Å². The number of hydrogen-bond acceptors (Lipinski definition) is 7. The number of carbonyl (C=O) groups is 1. The Morgan fingerprint density at radius 2 is 2.00 bits per heavy atom. The van der Waals surface area contributed by atoms with E-state index in [1.807, 2.05) is 43.2 Å². The van der Waals surface area contributed by atoms with E-state index in [-0.39, 0.29) is 17.4 Å². The van der Waals surface area contributed by atoms with Gasteiger partial charge < -0.3 is 15.2 Å². The van der Waals surface area contributed by atoms with E-state index in [1.54, 1.807) is 11.3 Å². The Morgan fingerprint density at radius 3 is 2.58 bits per heavy atom. The molecule has 142 valence electrons. The Kier molecular flexibility index (Phi) is 5.45. The van der Waals surface area contributed by atoms with E-state index in [0.29, 0.717) is 24.8 Å². The number of piperazine rings is 1. The average Bonchev–Trinajstić information content (AvgIpc) is 3.30. The first kappa shape index (κ1) is 19.0. The first-order valence-electron chi connectivity index (χ1n) is 8.93. The molecular weight excluding hydrogens is 350 g/mol. The lowest BCUT2D eigenvalue weighted by Crippen LogP contribution is -2.56. The summed E-state index contributed by atoms with van der Waals surface area (Å²) in [5, 5.41) is 6.08. The molecule has 8 heteroatoms. The Morgan fingerprint density at radius 1 is 1.31 bits per heavy atom. The molecule has 3 heterocycles. The molecule has 0 radical (unpaired) electrons. The third-order valence-electron chi connectivity index (χ3n) is 4.91. The predicted molar refractivity (Wildman–Crippen MR) is 102 cm³/mol. The molecule has 2 aromatic heterocycles. The van der Waals surface area contributed by atoms with E-state index >= 15 is 0 Å². The van der Waals surface area contributed by atoms with Gasteiger partial charge in [-0.1, -0.05) is 32.0 Å². The third kappa shape index (κ3) is 3.97. The van der Waals surface area contributed by atoms with Crippen LogP contribution in [0.4, 0.5) is 0 Å². The molecule has 1 aliphatic rings. The van der Waals surface area contributed by atoms with Crippen molar-refractivity contribution >= 4 is 17.2 Å². The second-order valence-electron chi connectivity index (χ2n) is 7.81. The zero-order chi connectivity index (χ0) is 18.9. The third-order valence-corrected chi connectivity index (χ3v) is 5.78. The van der Waals surface area contributed by atoms with Crippen LogP contribution in [-0.2, 0) is 4.79 Å².